The third-order valence-electron chi connectivity index (χ3n) is 2.84. The average molecular weight is 320 g/mol. The van der Waals surface area contributed by atoms with E-state index in [0.29, 0.717) is 19.5 Å². The molecule has 0 radical (unpaired) electrons. The Labute approximate surface area is 128 Å². The molecule has 0 aliphatic carbocycles. The summed E-state index contributed by atoms with van der Waals surface area (Å²) in [6, 6.07) is 9.72. The lowest BCUT2D eigenvalue weighted by molar-refractivity contribution is -0.341. The Morgan fingerprint density at radius 1 is 1.24 bits per heavy atom. The number of benzene rings is 1. The Morgan fingerprint density at radius 3 is 2.48 bits per heavy atom. The fourth-order valence-electron chi connectivity index (χ4n) is 1.74. The summed E-state index contributed by atoms with van der Waals surface area (Å²) in [5, 5.41) is -0.0447. The predicted octanol–water partition coefficient (Wildman–Crippen LogP) is 3.66. The molecule has 0 aromatic heterocycles. The van der Waals surface area contributed by atoms with E-state index >= 15 is 0 Å². The quantitative estimate of drug-likeness (QED) is 0.612. The van der Waals surface area contributed by atoms with Crippen LogP contribution in [0.3, 0.4) is 0 Å². The van der Waals surface area contributed by atoms with Crippen molar-refractivity contribution in [2.45, 2.75) is 32.5 Å². The van der Waals surface area contributed by atoms with Crippen molar-refractivity contribution >= 4 is 17.3 Å². The molecule has 0 aliphatic rings. The first-order chi connectivity index (χ1) is 9.92. The van der Waals surface area contributed by atoms with Crippen molar-refractivity contribution in [3.05, 3.63) is 35.9 Å². The van der Waals surface area contributed by atoms with Crippen molar-refractivity contribution in [2.24, 2.45) is 0 Å². The Balaban J connectivity index is 2.52. The summed E-state index contributed by atoms with van der Waals surface area (Å²) in [6.45, 7) is 3.14. The number of hydrogen-bond donors (Lipinski definition) is 1. The standard InChI is InChI=1S/C14H19F3N2OS/c1-2-3-10-19(13(21)18-20-14(15,16)17)11-9-12-7-5-4-6-8-12/h4-8H,2-3,9-11H2,1H3,(H,18,21). The second-order valence-electron chi connectivity index (χ2n) is 4.53. The van der Waals surface area contributed by atoms with Crippen molar-refractivity contribution in [2.75, 3.05) is 13.1 Å². The molecule has 1 aromatic rings. The fraction of sp³-hybridized carbons (Fsp3) is 0.500. The number of nitrogens with one attached hydrogen (secondary N) is 1. The largest absolute Gasteiger partial charge is 0.543 e. The molecule has 21 heavy (non-hydrogen) atoms. The summed E-state index contributed by atoms with van der Waals surface area (Å²) in [7, 11) is 0. The van der Waals surface area contributed by atoms with Gasteiger partial charge in [0, 0.05) is 13.1 Å². The van der Waals surface area contributed by atoms with Crippen LogP contribution in [0, 0.1) is 0 Å². The second kappa shape index (κ2) is 8.84. The van der Waals surface area contributed by atoms with Gasteiger partial charge >= 0.3 is 6.36 Å². The maximum absolute atomic E-state index is 12.0. The molecule has 1 N–H and O–H groups in total. The zero-order valence-corrected chi connectivity index (χ0v) is 12.6. The van der Waals surface area contributed by atoms with Gasteiger partial charge < -0.3 is 4.90 Å². The predicted molar refractivity (Wildman–Crippen MR) is 79.5 cm³/mol. The number of hydroxylamine groups is 1. The van der Waals surface area contributed by atoms with Gasteiger partial charge in [-0.05, 0) is 30.6 Å². The lowest BCUT2D eigenvalue weighted by atomic mass is 10.1. The van der Waals surface area contributed by atoms with Crippen molar-refractivity contribution in [1.29, 1.82) is 0 Å². The van der Waals surface area contributed by atoms with Crippen LogP contribution < -0.4 is 5.48 Å². The van der Waals surface area contributed by atoms with E-state index in [1.165, 1.54) is 0 Å². The summed E-state index contributed by atoms with van der Waals surface area (Å²) in [5.74, 6) is 0. The van der Waals surface area contributed by atoms with Gasteiger partial charge in [0.1, 0.15) is 0 Å². The van der Waals surface area contributed by atoms with Gasteiger partial charge in [0.2, 0.25) is 0 Å². The highest BCUT2D eigenvalue weighted by Gasteiger charge is 2.31. The van der Waals surface area contributed by atoms with E-state index in [1.807, 2.05) is 37.3 Å². The summed E-state index contributed by atoms with van der Waals surface area (Å²) in [6.07, 6.45) is -2.26. The number of unbranched alkanes of at least 4 members (excludes halogenated alkanes) is 1. The van der Waals surface area contributed by atoms with Gasteiger partial charge in [0.25, 0.3) is 0 Å². The number of alkyl halides is 3. The van der Waals surface area contributed by atoms with Crippen LogP contribution in [0.1, 0.15) is 25.3 Å². The highest BCUT2D eigenvalue weighted by atomic mass is 32.1. The lowest BCUT2D eigenvalue weighted by Gasteiger charge is -2.25. The highest BCUT2D eigenvalue weighted by Crippen LogP contribution is 2.14. The Hall–Kier alpha value is -1.34. The van der Waals surface area contributed by atoms with E-state index < -0.39 is 6.36 Å². The Kier molecular flexibility index (Phi) is 7.45. The molecule has 7 heteroatoms. The van der Waals surface area contributed by atoms with E-state index in [2.05, 4.69) is 4.84 Å². The molecular formula is C14H19F3N2OS. The van der Waals surface area contributed by atoms with Crippen LogP contribution >= 0.6 is 12.2 Å². The van der Waals surface area contributed by atoms with E-state index in [-0.39, 0.29) is 5.11 Å². The van der Waals surface area contributed by atoms with Crippen LogP contribution in [0.4, 0.5) is 13.2 Å². The number of halogens is 3. The number of rotatable bonds is 7. The first-order valence-electron chi connectivity index (χ1n) is 6.76. The molecule has 0 atom stereocenters. The first-order valence-corrected chi connectivity index (χ1v) is 7.16. The average Bonchev–Trinajstić information content (AvgIpc) is 2.45. The normalized spacial score (nSPS) is 11.2. The summed E-state index contributed by atoms with van der Waals surface area (Å²) in [4.78, 5) is 5.26. The smallest absolute Gasteiger partial charge is 0.347 e. The topological polar surface area (TPSA) is 24.5 Å². The third-order valence-corrected chi connectivity index (χ3v) is 3.18. The lowest BCUT2D eigenvalue weighted by Crippen LogP contribution is -2.43. The van der Waals surface area contributed by atoms with Gasteiger partial charge in [-0.25, -0.2) is 5.48 Å². The molecule has 1 aromatic carbocycles. The number of thiocarbonyl (C=S) groups is 1. The van der Waals surface area contributed by atoms with Crippen LogP contribution in [0.5, 0.6) is 0 Å². The molecule has 0 amide bonds. The first kappa shape index (κ1) is 17.7. The molecule has 0 unspecified atom stereocenters. The second-order valence-corrected chi connectivity index (χ2v) is 4.92. The molecule has 0 heterocycles. The molecule has 0 fully saturated rings. The molecular weight excluding hydrogens is 301 g/mol. The molecule has 0 saturated carbocycles. The van der Waals surface area contributed by atoms with Crippen LogP contribution in [0.2, 0.25) is 0 Å². The molecule has 118 valence electrons. The molecule has 0 saturated heterocycles. The maximum atomic E-state index is 12.0. The van der Waals surface area contributed by atoms with E-state index in [0.717, 1.165) is 18.4 Å². The van der Waals surface area contributed by atoms with E-state index in [4.69, 9.17) is 12.2 Å². The zero-order chi connectivity index (χ0) is 15.7. The van der Waals surface area contributed by atoms with Crippen LogP contribution in [0.15, 0.2) is 30.3 Å². The third kappa shape index (κ3) is 7.87. The monoisotopic (exact) mass is 320 g/mol. The summed E-state index contributed by atoms with van der Waals surface area (Å²) < 4.78 is 36.1. The Morgan fingerprint density at radius 2 is 1.90 bits per heavy atom. The molecule has 0 spiro atoms. The van der Waals surface area contributed by atoms with Crippen LogP contribution in [-0.4, -0.2) is 29.5 Å². The highest BCUT2D eigenvalue weighted by molar-refractivity contribution is 7.80. The van der Waals surface area contributed by atoms with Crippen molar-refractivity contribution < 1.29 is 18.0 Å². The molecule has 1 rings (SSSR count). The van der Waals surface area contributed by atoms with Gasteiger partial charge in [0.05, 0.1) is 0 Å². The maximum Gasteiger partial charge on any atom is 0.543 e. The van der Waals surface area contributed by atoms with Gasteiger partial charge in [0.15, 0.2) is 5.11 Å². The van der Waals surface area contributed by atoms with Crippen LogP contribution in [-0.2, 0) is 11.3 Å². The number of hydrogen-bond acceptors (Lipinski definition) is 2. The molecule has 0 bridgehead atoms. The fourth-order valence-corrected chi connectivity index (χ4v) is 1.96. The minimum Gasteiger partial charge on any atom is -0.347 e. The minimum absolute atomic E-state index is 0.0447. The minimum atomic E-state index is -4.75. The van der Waals surface area contributed by atoms with Gasteiger partial charge in [-0.1, -0.05) is 43.7 Å². The van der Waals surface area contributed by atoms with Gasteiger partial charge in [-0.2, -0.15) is 4.84 Å². The summed E-state index contributed by atoms with van der Waals surface area (Å²) >= 11 is 4.96. The zero-order valence-electron chi connectivity index (χ0n) is 11.8. The van der Waals surface area contributed by atoms with E-state index in [9.17, 15) is 13.2 Å². The Bertz CT molecular complexity index is 426. The van der Waals surface area contributed by atoms with Gasteiger partial charge in [-0.3, -0.25) is 0 Å². The molecule has 0 aliphatic heterocycles. The van der Waals surface area contributed by atoms with Crippen molar-refractivity contribution in [3.63, 3.8) is 0 Å². The summed E-state index contributed by atoms with van der Waals surface area (Å²) in [5.41, 5.74) is 2.91. The van der Waals surface area contributed by atoms with Gasteiger partial charge in [-0.15, -0.1) is 13.2 Å². The van der Waals surface area contributed by atoms with Crippen molar-refractivity contribution in [1.82, 2.24) is 10.4 Å². The van der Waals surface area contributed by atoms with Crippen LogP contribution in [0.25, 0.3) is 0 Å². The van der Waals surface area contributed by atoms with E-state index in [1.54, 1.807) is 10.4 Å². The van der Waals surface area contributed by atoms with Crippen molar-refractivity contribution in [3.8, 4) is 0 Å². The number of nitrogens with zero attached hydrogens (tertiary/aromatic N) is 1. The SMILES string of the molecule is CCCCN(CCc1ccccc1)C(=S)NOC(F)(F)F. The molecule has 3 nitrogen and oxygen atoms in total.